The van der Waals surface area contributed by atoms with Crippen molar-refractivity contribution in [2.45, 2.75) is 64.3 Å². The third-order valence-electron chi connectivity index (χ3n) is 5.58. The van der Waals surface area contributed by atoms with Gasteiger partial charge in [0.15, 0.2) is 0 Å². The first-order chi connectivity index (χ1) is 16.6. The molecule has 7 heteroatoms. The fraction of sp³-hybridized carbons (Fsp3) is 0.393. The first kappa shape index (κ1) is 28.9. The van der Waals surface area contributed by atoms with Crippen molar-refractivity contribution in [3.05, 3.63) is 77.4 Å². The number of carboxylic acids is 1. The van der Waals surface area contributed by atoms with E-state index in [4.69, 9.17) is 0 Å². The van der Waals surface area contributed by atoms with Crippen molar-refractivity contribution in [2.24, 2.45) is 0 Å². The molecule has 0 bridgehead atoms. The molecule has 0 unspecified atom stereocenters. The summed E-state index contributed by atoms with van der Waals surface area (Å²) in [5.74, 6) is -0.400. The highest BCUT2D eigenvalue weighted by molar-refractivity contribution is 7.99. The summed E-state index contributed by atoms with van der Waals surface area (Å²) >= 11 is 1.40. The molecule has 0 radical (unpaired) electrons. The van der Waals surface area contributed by atoms with Crippen LogP contribution in [-0.4, -0.2) is 37.0 Å². The van der Waals surface area contributed by atoms with Crippen molar-refractivity contribution < 1.29 is 18.3 Å². The van der Waals surface area contributed by atoms with Gasteiger partial charge in [-0.15, -0.1) is 0 Å². The topological polar surface area (TPSA) is 83.5 Å². The van der Waals surface area contributed by atoms with Crippen LogP contribution >= 0.6 is 11.8 Å². The van der Waals surface area contributed by atoms with E-state index in [2.05, 4.69) is 50.6 Å². The van der Waals surface area contributed by atoms with Gasteiger partial charge in [0.05, 0.1) is 4.90 Å². The van der Waals surface area contributed by atoms with Crippen LogP contribution in [0.15, 0.2) is 82.3 Å². The Kier molecular flexibility index (Phi) is 11.8. The minimum absolute atomic E-state index is 0.0624. The average molecular weight is 516 g/mol. The summed E-state index contributed by atoms with van der Waals surface area (Å²) in [6, 6.07) is 11.0. The summed E-state index contributed by atoms with van der Waals surface area (Å²) in [6.07, 6.45) is 10.7. The van der Waals surface area contributed by atoms with Gasteiger partial charge in [-0.3, -0.25) is 4.79 Å². The van der Waals surface area contributed by atoms with E-state index in [0.717, 1.165) is 36.5 Å². The molecule has 2 aromatic carbocycles. The lowest BCUT2D eigenvalue weighted by molar-refractivity contribution is -0.138. The Labute approximate surface area is 214 Å². The lowest BCUT2D eigenvalue weighted by Crippen LogP contribution is -2.42. The predicted molar refractivity (Wildman–Crippen MR) is 148 cm³/mol. The molecule has 0 saturated carbocycles. The number of sulfonamides is 1. The molecule has 0 aliphatic rings. The third kappa shape index (κ3) is 10.4. The molecule has 5 nitrogen and oxygen atoms in total. The van der Waals surface area contributed by atoms with E-state index < -0.39 is 22.0 Å². The molecule has 0 heterocycles. The monoisotopic (exact) mass is 515 g/mol. The van der Waals surface area contributed by atoms with Gasteiger partial charge >= 0.3 is 5.97 Å². The van der Waals surface area contributed by atoms with Gasteiger partial charge in [0.1, 0.15) is 6.04 Å². The Balaban J connectivity index is 1.85. The Morgan fingerprint density at radius 1 is 0.943 bits per heavy atom. The number of rotatable bonds is 14. The third-order valence-corrected chi connectivity index (χ3v) is 8.02. The number of aliphatic carboxylic acids is 1. The lowest BCUT2D eigenvalue weighted by Gasteiger charge is -2.14. The van der Waals surface area contributed by atoms with Crippen molar-refractivity contribution in [3.8, 4) is 0 Å². The highest BCUT2D eigenvalue weighted by atomic mass is 32.2. The standard InChI is InChI=1S/C28H37NO4S2/c1-21(2)9-7-10-22(3)11-8-12-23(4)17-18-34-20-27(28(30)31)29-35(32,33)26-16-15-24-13-5-6-14-25(24)19-26/h5-6,9,11,13-17,19,27,29H,7-8,10,12,18,20H2,1-4H3,(H,30,31)/b22-11+,23-17+/t27-/m0/s1. The van der Waals surface area contributed by atoms with Gasteiger partial charge in [0.25, 0.3) is 0 Å². The van der Waals surface area contributed by atoms with Crippen LogP contribution in [0.1, 0.15) is 53.4 Å². The molecule has 190 valence electrons. The molecule has 2 rings (SSSR count). The maximum absolute atomic E-state index is 12.8. The number of carboxylic acid groups (broad SMARTS) is 1. The van der Waals surface area contributed by atoms with Crippen molar-refractivity contribution in [3.63, 3.8) is 0 Å². The maximum Gasteiger partial charge on any atom is 0.322 e. The first-order valence-electron chi connectivity index (χ1n) is 11.8. The van der Waals surface area contributed by atoms with Crippen LogP contribution in [0.2, 0.25) is 0 Å². The largest absolute Gasteiger partial charge is 0.480 e. The number of benzene rings is 2. The SMILES string of the molecule is CC(C)=CCC/C(C)=C/CC/C(C)=C/CSC[C@H](NS(=O)(=O)c1ccc2ccccc2c1)C(=O)O. The molecule has 0 amide bonds. The van der Waals surface area contributed by atoms with E-state index in [9.17, 15) is 18.3 Å². The van der Waals surface area contributed by atoms with E-state index in [0.29, 0.717) is 5.75 Å². The zero-order valence-corrected chi connectivity index (χ0v) is 22.7. The predicted octanol–water partition coefficient (Wildman–Crippen LogP) is 6.72. The zero-order chi connectivity index (χ0) is 25.8. The van der Waals surface area contributed by atoms with E-state index in [-0.39, 0.29) is 10.6 Å². The van der Waals surface area contributed by atoms with Crippen molar-refractivity contribution in [2.75, 3.05) is 11.5 Å². The molecule has 0 fully saturated rings. The Morgan fingerprint density at radius 2 is 1.57 bits per heavy atom. The molecule has 0 aliphatic heterocycles. The molecule has 0 spiro atoms. The highest BCUT2D eigenvalue weighted by Gasteiger charge is 2.25. The molecule has 1 atom stereocenters. The van der Waals surface area contributed by atoms with Crippen LogP contribution < -0.4 is 4.72 Å². The van der Waals surface area contributed by atoms with Crippen LogP contribution in [0.25, 0.3) is 10.8 Å². The van der Waals surface area contributed by atoms with E-state index in [1.54, 1.807) is 12.1 Å². The van der Waals surface area contributed by atoms with Crippen molar-refractivity contribution >= 4 is 38.5 Å². The summed E-state index contributed by atoms with van der Waals surface area (Å²) in [6.45, 7) is 8.47. The van der Waals surface area contributed by atoms with Crippen LogP contribution in [0, 0.1) is 0 Å². The Bertz CT molecular complexity index is 1190. The highest BCUT2D eigenvalue weighted by Crippen LogP contribution is 2.20. The second-order valence-electron chi connectivity index (χ2n) is 9.02. The van der Waals surface area contributed by atoms with Crippen LogP contribution in [-0.2, 0) is 14.8 Å². The normalized spacial score (nSPS) is 13.6. The van der Waals surface area contributed by atoms with Crippen molar-refractivity contribution in [1.29, 1.82) is 0 Å². The first-order valence-corrected chi connectivity index (χ1v) is 14.5. The van der Waals surface area contributed by atoms with Crippen LogP contribution in [0.3, 0.4) is 0 Å². The number of hydrogen-bond acceptors (Lipinski definition) is 4. The molecular weight excluding hydrogens is 478 g/mol. The fourth-order valence-electron chi connectivity index (χ4n) is 3.47. The molecule has 35 heavy (non-hydrogen) atoms. The summed E-state index contributed by atoms with van der Waals surface area (Å²) in [5.41, 5.74) is 3.99. The van der Waals surface area contributed by atoms with E-state index in [1.807, 2.05) is 24.3 Å². The summed E-state index contributed by atoms with van der Waals surface area (Å²) in [7, 11) is -3.95. The number of fused-ring (bicyclic) bond motifs is 1. The quantitative estimate of drug-likeness (QED) is 0.215. The van der Waals surface area contributed by atoms with Gasteiger partial charge in [0.2, 0.25) is 10.0 Å². The number of carbonyl (C=O) groups is 1. The Morgan fingerprint density at radius 3 is 2.23 bits per heavy atom. The number of nitrogens with one attached hydrogen (secondary N) is 1. The second kappa shape index (κ2) is 14.3. The molecular formula is C28H37NO4S2. The molecule has 2 aromatic rings. The van der Waals surface area contributed by atoms with Crippen LogP contribution in [0.5, 0.6) is 0 Å². The van der Waals surface area contributed by atoms with E-state index >= 15 is 0 Å². The number of thioether (sulfide) groups is 1. The number of allylic oxidation sites excluding steroid dienone is 5. The fourth-order valence-corrected chi connectivity index (χ4v) is 5.80. The summed E-state index contributed by atoms with van der Waals surface area (Å²) in [4.78, 5) is 11.8. The summed E-state index contributed by atoms with van der Waals surface area (Å²) in [5, 5.41) is 11.3. The zero-order valence-electron chi connectivity index (χ0n) is 21.1. The lowest BCUT2D eigenvalue weighted by atomic mass is 10.1. The molecule has 0 aliphatic carbocycles. The van der Waals surface area contributed by atoms with E-state index in [1.165, 1.54) is 34.5 Å². The van der Waals surface area contributed by atoms with Gasteiger partial charge in [-0.25, -0.2) is 8.42 Å². The summed E-state index contributed by atoms with van der Waals surface area (Å²) < 4.78 is 28.0. The molecule has 0 saturated heterocycles. The van der Waals surface area contributed by atoms with Gasteiger partial charge in [-0.1, -0.05) is 65.3 Å². The van der Waals surface area contributed by atoms with Gasteiger partial charge in [0, 0.05) is 11.5 Å². The molecule has 2 N–H and O–H groups in total. The van der Waals surface area contributed by atoms with Gasteiger partial charge in [-0.2, -0.15) is 16.5 Å². The van der Waals surface area contributed by atoms with Gasteiger partial charge in [-0.05, 0) is 76.3 Å². The average Bonchev–Trinajstić information content (AvgIpc) is 2.80. The minimum Gasteiger partial charge on any atom is -0.480 e. The minimum atomic E-state index is -3.95. The maximum atomic E-state index is 12.8. The second-order valence-corrected chi connectivity index (χ2v) is 11.8. The van der Waals surface area contributed by atoms with Crippen LogP contribution in [0.4, 0.5) is 0 Å². The molecule has 0 aromatic heterocycles. The Hall–Kier alpha value is -2.35. The van der Waals surface area contributed by atoms with Gasteiger partial charge < -0.3 is 5.11 Å². The van der Waals surface area contributed by atoms with Crippen molar-refractivity contribution in [1.82, 2.24) is 4.72 Å². The smallest absolute Gasteiger partial charge is 0.322 e. The number of hydrogen-bond donors (Lipinski definition) is 2.